The Kier molecular flexibility index (Phi) is 5.63. The van der Waals surface area contributed by atoms with E-state index in [0.717, 1.165) is 33.5 Å². The summed E-state index contributed by atoms with van der Waals surface area (Å²) in [4.78, 5) is 18.3. The molecular weight excluding hydrogens is 376 g/mol. The Hall–Kier alpha value is -3.11. The van der Waals surface area contributed by atoms with Gasteiger partial charge in [0.05, 0.1) is 5.52 Å². The number of anilines is 1. The first kappa shape index (κ1) is 19.2. The van der Waals surface area contributed by atoms with Gasteiger partial charge in [-0.15, -0.1) is 11.8 Å². The molecular formula is C25H22N2OS. The first-order chi connectivity index (χ1) is 14.1. The highest BCUT2D eigenvalue weighted by molar-refractivity contribution is 7.98. The SMILES string of the molecule is Cc1cccc(C)c1NC(=O)c1ccc(CSc2cccc3cccnc23)cc1. The zero-order valence-electron chi connectivity index (χ0n) is 16.5. The number of carbonyl (C=O) groups is 1. The third-order valence-corrected chi connectivity index (χ3v) is 6.04. The number of carbonyl (C=O) groups excluding carboxylic acids is 1. The van der Waals surface area contributed by atoms with Gasteiger partial charge in [0.1, 0.15) is 0 Å². The fourth-order valence-electron chi connectivity index (χ4n) is 3.30. The minimum atomic E-state index is -0.0835. The Balaban J connectivity index is 1.44. The lowest BCUT2D eigenvalue weighted by Gasteiger charge is -2.12. The minimum absolute atomic E-state index is 0.0835. The number of benzene rings is 3. The number of nitrogens with one attached hydrogen (secondary N) is 1. The zero-order chi connectivity index (χ0) is 20.2. The first-order valence-electron chi connectivity index (χ1n) is 9.55. The van der Waals surface area contributed by atoms with Gasteiger partial charge in [0.2, 0.25) is 0 Å². The van der Waals surface area contributed by atoms with Crippen LogP contribution in [0.25, 0.3) is 10.9 Å². The quantitative estimate of drug-likeness (QED) is 0.396. The number of amides is 1. The highest BCUT2D eigenvalue weighted by atomic mass is 32.2. The summed E-state index contributed by atoms with van der Waals surface area (Å²) in [5.74, 6) is 0.744. The van der Waals surface area contributed by atoms with Crippen molar-refractivity contribution >= 4 is 34.3 Å². The normalized spacial score (nSPS) is 10.8. The van der Waals surface area contributed by atoms with E-state index in [-0.39, 0.29) is 5.91 Å². The number of para-hydroxylation sites is 2. The van der Waals surface area contributed by atoms with E-state index in [2.05, 4.69) is 34.6 Å². The molecule has 1 N–H and O–H groups in total. The molecule has 0 aliphatic heterocycles. The molecule has 0 radical (unpaired) electrons. The Morgan fingerprint density at radius 2 is 1.59 bits per heavy atom. The van der Waals surface area contributed by atoms with Gasteiger partial charge < -0.3 is 5.32 Å². The number of aryl methyl sites for hydroxylation is 2. The van der Waals surface area contributed by atoms with Crippen LogP contribution in [0.2, 0.25) is 0 Å². The van der Waals surface area contributed by atoms with Gasteiger partial charge in [0, 0.05) is 33.5 Å². The van der Waals surface area contributed by atoms with Crippen molar-refractivity contribution in [2.24, 2.45) is 0 Å². The number of hydrogen-bond donors (Lipinski definition) is 1. The molecule has 1 aromatic heterocycles. The van der Waals surface area contributed by atoms with E-state index in [1.54, 1.807) is 11.8 Å². The molecule has 3 aromatic carbocycles. The van der Waals surface area contributed by atoms with Gasteiger partial charge in [-0.25, -0.2) is 0 Å². The number of aromatic nitrogens is 1. The molecule has 0 spiro atoms. The van der Waals surface area contributed by atoms with Crippen LogP contribution in [0.4, 0.5) is 5.69 Å². The maximum absolute atomic E-state index is 12.6. The van der Waals surface area contributed by atoms with Crippen molar-refractivity contribution in [3.05, 3.63) is 101 Å². The van der Waals surface area contributed by atoms with Crippen LogP contribution < -0.4 is 5.32 Å². The average Bonchev–Trinajstić information content (AvgIpc) is 2.75. The predicted octanol–water partition coefficient (Wildman–Crippen LogP) is 6.40. The lowest BCUT2D eigenvalue weighted by molar-refractivity contribution is 0.102. The molecule has 0 unspecified atom stereocenters. The number of pyridine rings is 1. The van der Waals surface area contributed by atoms with E-state index in [0.29, 0.717) is 5.56 Å². The van der Waals surface area contributed by atoms with Crippen LogP contribution in [0, 0.1) is 13.8 Å². The number of fused-ring (bicyclic) bond motifs is 1. The second-order valence-electron chi connectivity index (χ2n) is 7.04. The minimum Gasteiger partial charge on any atom is -0.322 e. The van der Waals surface area contributed by atoms with Crippen LogP contribution >= 0.6 is 11.8 Å². The third kappa shape index (κ3) is 4.33. The number of rotatable bonds is 5. The van der Waals surface area contributed by atoms with Crippen LogP contribution in [-0.4, -0.2) is 10.9 Å². The highest BCUT2D eigenvalue weighted by Gasteiger charge is 2.10. The molecule has 4 rings (SSSR count). The van der Waals surface area contributed by atoms with Gasteiger partial charge in [-0.2, -0.15) is 0 Å². The molecule has 0 aliphatic rings. The summed E-state index contributed by atoms with van der Waals surface area (Å²) in [7, 11) is 0. The van der Waals surface area contributed by atoms with Crippen molar-refractivity contribution in [1.82, 2.24) is 4.98 Å². The van der Waals surface area contributed by atoms with E-state index >= 15 is 0 Å². The van der Waals surface area contributed by atoms with Crippen LogP contribution in [0.5, 0.6) is 0 Å². The summed E-state index contributed by atoms with van der Waals surface area (Å²) in [5.41, 5.74) is 5.88. The second kappa shape index (κ2) is 8.50. The van der Waals surface area contributed by atoms with Crippen molar-refractivity contribution < 1.29 is 4.79 Å². The molecule has 4 aromatic rings. The molecule has 144 valence electrons. The predicted molar refractivity (Wildman–Crippen MR) is 122 cm³/mol. The monoisotopic (exact) mass is 398 g/mol. The molecule has 0 saturated heterocycles. The van der Waals surface area contributed by atoms with Crippen molar-refractivity contribution in [3.63, 3.8) is 0 Å². The second-order valence-corrected chi connectivity index (χ2v) is 8.05. The zero-order valence-corrected chi connectivity index (χ0v) is 17.3. The van der Waals surface area contributed by atoms with Crippen molar-refractivity contribution in [3.8, 4) is 0 Å². The maximum Gasteiger partial charge on any atom is 0.255 e. The number of nitrogens with zero attached hydrogens (tertiary/aromatic N) is 1. The molecule has 0 saturated carbocycles. The lowest BCUT2D eigenvalue weighted by atomic mass is 10.1. The first-order valence-corrected chi connectivity index (χ1v) is 10.5. The standard InChI is InChI=1S/C25H22N2OS/c1-17-6-3-7-18(2)23(17)27-25(28)21-13-11-19(12-14-21)16-29-22-10-4-8-20-9-5-15-26-24(20)22/h3-15H,16H2,1-2H3,(H,27,28). The van der Waals surface area contributed by atoms with Crippen molar-refractivity contribution in [1.29, 1.82) is 0 Å². The lowest BCUT2D eigenvalue weighted by Crippen LogP contribution is -2.13. The maximum atomic E-state index is 12.6. The Morgan fingerprint density at radius 1 is 0.897 bits per heavy atom. The molecule has 0 fully saturated rings. The molecule has 0 aliphatic carbocycles. The van der Waals surface area contributed by atoms with E-state index in [1.165, 1.54) is 10.5 Å². The van der Waals surface area contributed by atoms with Crippen molar-refractivity contribution in [2.75, 3.05) is 5.32 Å². The molecule has 0 bridgehead atoms. The van der Waals surface area contributed by atoms with Gasteiger partial charge in [0.25, 0.3) is 5.91 Å². The van der Waals surface area contributed by atoms with Crippen LogP contribution in [0.3, 0.4) is 0 Å². The highest BCUT2D eigenvalue weighted by Crippen LogP contribution is 2.29. The summed E-state index contributed by atoms with van der Waals surface area (Å²) in [6.45, 7) is 4.01. The molecule has 1 amide bonds. The van der Waals surface area contributed by atoms with Crippen LogP contribution in [0.15, 0.2) is 83.9 Å². The fourth-order valence-corrected chi connectivity index (χ4v) is 4.30. The summed E-state index contributed by atoms with van der Waals surface area (Å²) >= 11 is 1.76. The molecule has 3 nitrogen and oxygen atoms in total. The van der Waals surface area contributed by atoms with E-state index in [4.69, 9.17) is 0 Å². The Labute approximate surface area is 175 Å². The summed E-state index contributed by atoms with van der Waals surface area (Å²) in [6.07, 6.45) is 1.83. The largest absolute Gasteiger partial charge is 0.322 e. The number of hydrogen-bond acceptors (Lipinski definition) is 3. The number of thioether (sulfide) groups is 1. The van der Waals surface area contributed by atoms with Crippen LogP contribution in [0.1, 0.15) is 27.0 Å². The Morgan fingerprint density at radius 3 is 2.34 bits per heavy atom. The average molecular weight is 399 g/mol. The summed E-state index contributed by atoms with van der Waals surface area (Å²) < 4.78 is 0. The Bertz CT molecular complexity index is 1140. The van der Waals surface area contributed by atoms with Crippen molar-refractivity contribution in [2.45, 2.75) is 24.5 Å². The van der Waals surface area contributed by atoms with Crippen LogP contribution in [-0.2, 0) is 5.75 Å². The molecule has 1 heterocycles. The third-order valence-electron chi connectivity index (χ3n) is 4.93. The summed E-state index contributed by atoms with van der Waals surface area (Å²) in [5, 5.41) is 4.19. The van der Waals surface area contributed by atoms with Gasteiger partial charge in [-0.3, -0.25) is 9.78 Å². The summed E-state index contributed by atoms with van der Waals surface area (Å²) in [6, 6.07) is 24.1. The van der Waals surface area contributed by atoms with Gasteiger partial charge in [-0.05, 0) is 54.8 Å². The molecule has 4 heteroatoms. The smallest absolute Gasteiger partial charge is 0.255 e. The fraction of sp³-hybridized carbons (Fsp3) is 0.120. The van der Waals surface area contributed by atoms with E-state index in [1.807, 2.05) is 68.6 Å². The van der Waals surface area contributed by atoms with E-state index in [9.17, 15) is 4.79 Å². The van der Waals surface area contributed by atoms with Gasteiger partial charge in [0.15, 0.2) is 0 Å². The van der Waals surface area contributed by atoms with Gasteiger partial charge in [-0.1, -0.05) is 48.5 Å². The molecule has 0 atom stereocenters. The van der Waals surface area contributed by atoms with E-state index < -0.39 is 0 Å². The topological polar surface area (TPSA) is 42.0 Å². The molecule has 29 heavy (non-hydrogen) atoms. The van der Waals surface area contributed by atoms with Gasteiger partial charge >= 0.3 is 0 Å².